The van der Waals surface area contributed by atoms with Crippen LogP contribution in [-0.4, -0.2) is 49.4 Å². The molecule has 4 rings (SSSR count). The molecule has 0 N–H and O–H groups in total. The Kier molecular flexibility index (Phi) is 5.58. The van der Waals surface area contributed by atoms with Crippen molar-refractivity contribution in [3.05, 3.63) is 58.3 Å². The van der Waals surface area contributed by atoms with Gasteiger partial charge in [-0.3, -0.25) is 9.59 Å². The quantitative estimate of drug-likeness (QED) is 0.658. The number of anilines is 2. The van der Waals surface area contributed by atoms with Gasteiger partial charge in [-0.15, -0.1) is 0 Å². The summed E-state index contributed by atoms with van der Waals surface area (Å²) in [5.74, 6) is -1.12. The van der Waals surface area contributed by atoms with Gasteiger partial charge in [0.05, 0.1) is 5.69 Å². The van der Waals surface area contributed by atoms with Crippen LogP contribution in [0.1, 0.15) is 12.0 Å². The lowest BCUT2D eigenvalue weighted by atomic mass is 10.1. The van der Waals surface area contributed by atoms with Crippen LogP contribution in [0, 0.1) is 18.7 Å². The van der Waals surface area contributed by atoms with Gasteiger partial charge in [0.15, 0.2) is 0 Å². The average Bonchev–Trinajstić information content (AvgIpc) is 3.09. The van der Waals surface area contributed by atoms with E-state index in [1.54, 1.807) is 21.9 Å². The first kappa shape index (κ1) is 19.9. The molecule has 1 unspecified atom stereocenters. The van der Waals surface area contributed by atoms with E-state index in [1.165, 1.54) is 6.07 Å². The van der Waals surface area contributed by atoms with E-state index in [2.05, 4.69) is 15.9 Å². The maximum atomic E-state index is 14.0. The zero-order chi connectivity index (χ0) is 20.5. The molecule has 2 aliphatic rings. The monoisotopic (exact) mass is 459 g/mol. The van der Waals surface area contributed by atoms with Crippen LogP contribution in [0.3, 0.4) is 0 Å². The summed E-state index contributed by atoms with van der Waals surface area (Å²) < 4.78 is 15.0. The maximum Gasteiger partial charge on any atom is 0.239 e. The van der Waals surface area contributed by atoms with Crippen molar-refractivity contribution < 1.29 is 14.0 Å². The number of rotatable bonds is 3. The number of benzene rings is 2. The number of nitrogens with zero attached hydrogens (tertiary/aromatic N) is 3. The van der Waals surface area contributed by atoms with E-state index in [-0.39, 0.29) is 17.6 Å². The Morgan fingerprint density at radius 2 is 1.76 bits per heavy atom. The molecule has 2 amide bonds. The summed E-state index contributed by atoms with van der Waals surface area (Å²) in [7, 11) is 0. The Bertz CT molecular complexity index is 943. The number of carbonyl (C=O) groups is 2. The molecule has 0 saturated carbocycles. The predicted molar refractivity (Wildman–Crippen MR) is 115 cm³/mol. The van der Waals surface area contributed by atoms with Crippen molar-refractivity contribution in [2.75, 3.05) is 42.5 Å². The molecule has 0 radical (unpaired) electrons. The average molecular weight is 460 g/mol. The van der Waals surface area contributed by atoms with Gasteiger partial charge in [0.2, 0.25) is 11.8 Å². The van der Waals surface area contributed by atoms with Crippen LogP contribution < -0.4 is 9.80 Å². The van der Waals surface area contributed by atoms with Crippen molar-refractivity contribution in [1.29, 1.82) is 0 Å². The summed E-state index contributed by atoms with van der Waals surface area (Å²) in [5.41, 5.74) is 2.42. The zero-order valence-corrected chi connectivity index (χ0v) is 17.9. The molecule has 2 saturated heterocycles. The molecule has 0 bridgehead atoms. The van der Waals surface area contributed by atoms with Crippen LogP contribution in [0.4, 0.5) is 15.8 Å². The van der Waals surface area contributed by atoms with E-state index < -0.39 is 5.92 Å². The fraction of sp³-hybridized carbons (Fsp3) is 0.364. The number of hydrogen-bond acceptors (Lipinski definition) is 3. The van der Waals surface area contributed by atoms with Gasteiger partial charge in [-0.2, -0.15) is 0 Å². The summed E-state index contributed by atoms with van der Waals surface area (Å²) in [6.07, 6.45) is 0.528. The molecule has 2 aromatic carbocycles. The van der Waals surface area contributed by atoms with Crippen molar-refractivity contribution in [3.8, 4) is 0 Å². The Morgan fingerprint density at radius 3 is 2.45 bits per heavy atom. The third-order valence-corrected chi connectivity index (χ3v) is 6.23. The van der Waals surface area contributed by atoms with Crippen LogP contribution in [0.15, 0.2) is 46.9 Å². The second kappa shape index (κ2) is 8.14. The van der Waals surface area contributed by atoms with E-state index >= 15 is 0 Å². The normalized spacial score (nSPS) is 19.8. The number of hydrogen-bond donors (Lipinski definition) is 0. The molecule has 152 valence electrons. The van der Waals surface area contributed by atoms with Gasteiger partial charge < -0.3 is 14.7 Å². The number of aryl methyl sites for hydroxylation is 1. The lowest BCUT2D eigenvalue weighted by molar-refractivity contribution is -0.140. The highest BCUT2D eigenvalue weighted by molar-refractivity contribution is 9.10. The molecule has 0 aliphatic carbocycles. The first-order valence-corrected chi connectivity index (χ1v) is 10.6. The number of piperazine rings is 1. The molecule has 0 aromatic heterocycles. The van der Waals surface area contributed by atoms with Crippen LogP contribution in [0.5, 0.6) is 0 Å². The van der Waals surface area contributed by atoms with Crippen LogP contribution in [0.2, 0.25) is 0 Å². The van der Waals surface area contributed by atoms with Gasteiger partial charge in [-0.25, -0.2) is 4.39 Å². The van der Waals surface area contributed by atoms with Crippen molar-refractivity contribution in [2.24, 2.45) is 5.92 Å². The molecule has 29 heavy (non-hydrogen) atoms. The molecule has 5 nitrogen and oxygen atoms in total. The summed E-state index contributed by atoms with van der Waals surface area (Å²) in [6, 6.07) is 12.5. The maximum absolute atomic E-state index is 14.0. The molecular weight excluding hydrogens is 437 g/mol. The summed E-state index contributed by atoms with van der Waals surface area (Å²) >= 11 is 3.44. The smallest absolute Gasteiger partial charge is 0.239 e. The Hall–Kier alpha value is -2.41. The van der Waals surface area contributed by atoms with Gasteiger partial charge in [-0.05, 0) is 49.2 Å². The van der Waals surface area contributed by atoms with Crippen molar-refractivity contribution in [1.82, 2.24) is 4.90 Å². The second-order valence-electron chi connectivity index (χ2n) is 7.53. The lowest BCUT2D eigenvalue weighted by Gasteiger charge is -2.37. The third-order valence-electron chi connectivity index (χ3n) is 5.74. The largest absolute Gasteiger partial charge is 0.366 e. The van der Waals surface area contributed by atoms with Crippen LogP contribution >= 0.6 is 15.9 Å². The molecule has 0 spiro atoms. The predicted octanol–water partition coefficient (Wildman–Crippen LogP) is 3.60. The van der Waals surface area contributed by atoms with Gasteiger partial charge in [-0.1, -0.05) is 28.1 Å². The van der Waals surface area contributed by atoms with E-state index in [9.17, 15) is 14.0 Å². The fourth-order valence-electron chi connectivity index (χ4n) is 4.17. The minimum absolute atomic E-state index is 0.111. The lowest BCUT2D eigenvalue weighted by Crippen LogP contribution is -2.51. The first-order chi connectivity index (χ1) is 14.0. The van der Waals surface area contributed by atoms with Crippen LogP contribution in [-0.2, 0) is 9.59 Å². The Balaban J connectivity index is 1.41. The fourth-order valence-corrected chi connectivity index (χ4v) is 4.64. The van der Waals surface area contributed by atoms with E-state index in [0.717, 1.165) is 15.7 Å². The van der Waals surface area contributed by atoms with E-state index in [0.29, 0.717) is 44.8 Å². The van der Waals surface area contributed by atoms with E-state index in [1.807, 2.05) is 36.1 Å². The zero-order valence-electron chi connectivity index (χ0n) is 16.3. The van der Waals surface area contributed by atoms with Crippen LogP contribution in [0.25, 0.3) is 0 Å². The number of halogens is 2. The van der Waals surface area contributed by atoms with E-state index in [4.69, 9.17) is 0 Å². The molecule has 2 fully saturated rings. The molecule has 2 aromatic rings. The topological polar surface area (TPSA) is 43.9 Å². The number of para-hydroxylation sites is 1. The Labute approximate surface area is 178 Å². The Morgan fingerprint density at radius 1 is 1.03 bits per heavy atom. The summed E-state index contributed by atoms with van der Waals surface area (Å²) in [6.45, 7) is 4.62. The minimum Gasteiger partial charge on any atom is -0.366 e. The molecule has 1 atom stereocenters. The highest BCUT2D eigenvalue weighted by Crippen LogP contribution is 2.31. The molecule has 7 heteroatoms. The SMILES string of the molecule is Cc1cc(Br)ccc1N1CCC(C(=O)N2CCN(c3ccccc3F)CC2)C1=O. The number of carbonyl (C=O) groups excluding carboxylic acids is 2. The van der Waals surface area contributed by atoms with Gasteiger partial charge in [0.25, 0.3) is 0 Å². The third kappa shape index (κ3) is 3.88. The summed E-state index contributed by atoms with van der Waals surface area (Å²) in [4.78, 5) is 31.4. The minimum atomic E-state index is -0.627. The second-order valence-corrected chi connectivity index (χ2v) is 8.44. The highest BCUT2D eigenvalue weighted by Gasteiger charge is 2.40. The van der Waals surface area contributed by atoms with Crippen molar-refractivity contribution in [2.45, 2.75) is 13.3 Å². The van der Waals surface area contributed by atoms with Crippen molar-refractivity contribution in [3.63, 3.8) is 0 Å². The molecule has 2 heterocycles. The van der Waals surface area contributed by atoms with Gasteiger partial charge in [0.1, 0.15) is 11.7 Å². The van der Waals surface area contributed by atoms with Gasteiger partial charge >= 0.3 is 0 Å². The summed E-state index contributed by atoms with van der Waals surface area (Å²) in [5, 5.41) is 0. The van der Waals surface area contributed by atoms with Gasteiger partial charge in [0, 0.05) is 42.9 Å². The molecular formula is C22H23BrFN3O2. The number of amides is 2. The standard InChI is InChI=1S/C22H23BrFN3O2/c1-15-14-16(23)6-7-19(15)27-9-8-17(22(27)29)21(28)26-12-10-25(11-13-26)20-5-3-2-4-18(20)24/h2-7,14,17H,8-13H2,1H3. The van der Waals surface area contributed by atoms with Crippen molar-refractivity contribution >= 4 is 39.1 Å². The molecule has 2 aliphatic heterocycles. The highest BCUT2D eigenvalue weighted by atomic mass is 79.9. The first-order valence-electron chi connectivity index (χ1n) is 9.81.